The van der Waals surface area contributed by atoms with Gasteiger partial charge < -0.3 is 5.32 Å². The Labute approximate surface area is 143 Å². The van der Waals surface area contributed by atoms with Crippen LogP contribution in [-0.4, -0.2) is 17.4 Å². The molecule has 0 bridgehead atoms. The van der Waals surface area contributed by atoms with Crippen LogP contribution in [0.3, 0.4) is 0 Å². The molecule has 0 radical (unpaired) electrons. The fraction of sp³-hybridized carbons (Fsp3) is 0.0667. The fourth-order valence-electron chi connectivity index (χ4n) is 1.35. The first-order valence-corrected chi connectivity index (χ1v) is 7.06. The second-order valence-corrected chi connectivity index (χ2v) is 4.54. The minimum atomic E-state index is -0.281. The summed E-state index contributed by atoms with van der Waals surface area (Å²) in [5, 5.41) is 5.32. The van der Waals surface area contributed by atoms with Crippen LogP contribution >= 0.6 is 24.4 Å². The molecular weight excluding hydrogens is 340 g/mol. The summed E-state index contributed by atoms with van der Waals surface area (Å²) < 4.78 is 24.7. The number of thiocarbonyl (C=S) groups is 2. The van der Waals surface area contributed by atoms with Crippen molar-refractivity contribution in [3.8, 4) is 0 Å². The monoisotopic (exact) mass is 353 g/mol. The lowest BCUT2D eigenvalue weighted by atomic mass is 10.3. The molecule has 0 heterocycles. The summed E-state index contributed by atoms with van der Waals surface area (Å²) in [6.07, 6.45) is 0. The zero-order chi connectivity index (χ0) is 17.1. The van der Waals surface area contributed by atoms with E-state index < -0.39 is 0 Å². The third kappa shape index (κ3) is 8.08. The molecule has 0 saturated carbocycles. The molecule has 4 nitrogen and oxygen atoms in total. The second kappa shape index (κ2) is 10.5. The van der Waals surface area contributed by atoms with E-state index in [0.717, 1.165) is 0 Å². The van der Waals surface area contributed by atoms with Crippen LogP contribution in [0.25, 0.3) is 0 Å². The Morgan fingerprint density at radius 3 is 2.04 bits per heavy atom. The number of benzene rings is 2. The first-order chi connectivity index (χ1) is 11.0. The van der Waals surface area contributed by atoms with E-state index in [1.54, 1.807) is 12.1 Å². The molecule has 0 aliphatic carbocycles. The van der Waals surface area contributed by atoms with Gasteiger partial charge >= 0.3 is 0 Å². The highest BCUT2D eigenvalue weighted by Gasteiger charge is 1.95. The van der Waals surface area contributed by atoms with E-state index in [-0.39, 0.29) is 11.6 Å². The molecule has 0 aromatic heterocycles. The molecule has 0 spiro atoms. The molecule has 0 aliphatic rings. The van der Waals surface area contributed by atoms with Crippen molar-refractivity contribution in [2.45, 2.75) is 0 Å². The number of halogens is 2. The largest absolute Gasteiger partial charge is 0.331 e. The molecule has 0 atom stereocenters. The maximum absolute atomic E-state index is 12.5. The van der Waals surface area contributed by atoms with Gasteiger partial charge in [-0.2, -0.15) is 4.99 Å². The Morgan fingerprint density at radius 1 is 1.04 bits per heavy atom. The predicted molar refractivity (Wildman–Crippen MR) is 93.9 cm³/mol. The number of hydroxylamine groups is 1. The number of nitrogens with one attached hydrogen (secondary N) is 2. The smallest absolute Gasteiger partial charge is 0.195 e. The molecule has 0 saturated heterocycles. The highest BCUT2D eigenvalue weighted by Crippen LogP contribution is 2.10. The van der Waals surface area contributed by atoms with Crippen LogP contribution in [0.5, 0.6) is 0 Å². The van der Waals surface area contributed by atoms with Gasteiger partial charge in [0.05, 0.1) is 18.0 Å². The highest BCUT2D eigenvalue weighted by atomic mass is 32.1. The molecule has 0 amide bonds. The third-order valence-corrected chi connectivity index (χ3v) is 2.57. The zero-order valence-corrected chi connectivity index (χ0v) is 13.7. The average molecular weight is 353 g/mol. The SMILES string of the molecule is CONC(=S)Nc1ccc(F)cc1.Fc1ccc(N=C=S)cc1. The van der Waals surface area contributed by atoms with E-state index in [1.807, 2.05) is 0 Å². The van der Waals surface area contributed by atoms with E-state index in [0.29, 0.717) is 16.5 Å². The summed E-state index contributed by atoms with van der Waals surface area (Å²) in [7, 11) is 1.46. The molecule has 2 aromatic rings. The summed E-state index contributed by atoms with van der Waals surface area (Å²) in [4.78, 5) is 8.22. The Balaban J connectivity index is 0.000000238. The minimum Gasteiger partial charge on any atom is -0.331 e. The van der Waals surface area contributed by atoms with Gasteiger partial charge in [0.1, 0.15) is 11.6 Å². The number of anilines is 1. The maximum Gasteiger partial charge on any atom is 0.195 e. The van der Waals surface area contributed by atoms with Crippen LogP contribution in [0.15, 0.2) is 53.5 Å². The van der Waals surface area contributed by atoms with Gasteiger partial charge in [-0.15, -0.1) is 0 Å². The van der Waals surface area contributed by atoms with Crippen molar-refractivity contribution in [1.29, 1.82) is 0 Å². The van der Waals surface area contributed by atoms with Gasteiger partial charge in [0.15, 0.2) is 5.11 Å². The van der Waals surface area contributed by atoms with Gasteiger partial charge in [-0.05, 0) is 73.0 Å². The van der Waals surface area contributed by atoms with Crippen molar-refractivity contribution in [3.05, 3.63) is 60.2 Å². The number of aliphatic imine (C=N–C) groups is 1. The summed E-state index contributed by atoms with van der Waals surface area (Å²) >= 11 is 9.18. The van der Waals surface area contributed by atoms with Gasteiger partial charge in [0.25, 0.3) is 0 Å². The van der Waals surface area contributed by atoms with E-state index in [2.05, 4.69) is 38.0 Å². The van der Waals surface area contributed by atoms with E-state index in [1.165, 1.54) is 43.5 Å². The molecule has 8 heteroatoms. The Morgan fingerprint density at radius 2 is 1.57 bits per heavy atom. The second-order valence-electron chi connectivity index (χ2n) is 3.95. The Bertz CT molecular complexity index is 672. The molecule has 0 aliphatic heterocycles. The van der Waals surface area contributed by atoms with Gasteiger partial charge in [-0.1, -0.05) is 0 Å². The quantitative estimate of drug-likeness (QED) is 0.491. The predicted octanol–water partition coefficient (Wildman–Crippen LogP) is 4.23. The lowest BCUT2D eigenvalue weighted by Crippen LogP contribution is -2.27. The highest BCUT2D eigenvalue weighted by molar-refractivity contribution is 7.80. The van der Waals surface area contributed by atoms with E-state index in [9.17, 15) is 8.78 Å². The number of rotatable bonds is 3. The van der Waals surface area contributed by atoms with Crippen LogP contribution in [0, 0.1) is 11.6 Å². The third-order valence-electron chi connectivity index (χ3n) is 2.30. The lowest BCUT2D eigenvalue weighted by molar-refractivity contribution is 0.146. The van der Waals surface area contributed by atoms with Crippen molar-refractivity contribution >= 4 is 46.1 Å². The summed E-state index contributed by atoms with van der Waals surface area (Å²) in [5.41, 5.74) is 3.76. The molecule has 120 valence electrons. The van der Waals surface area contributed by atoms with Crippen LogP contribution in [-0.2, 0) is 4.84 Å². The fourth-order valence-corrected chi connectivity index (χ4v) is 1.66. The lowest BCUT2D eigenvalue weighted by Gasteiger charge is -2.07. The normalized spacial score (nSPS) is 9.00. The first-order valence-electron chi connectivity index (χ1n) is 6.24. The Hall–Kier alpha value is -2.25. The van der Waals surface area contributed by atoms with Gasteiger partial charge in [0.2, 0.25) is 0 Å². The maximum atomic E-state index is 12.5. The van der Waals surface area contributed by atoms with Crippen molar-refractivity contribution in [1.82, 2.24) is 5.48 Å². The number of hydrogen-bond donors (Lipinski definition) is 2. The van der Waals surface area contributed by atoms with Crippen LogP contribution in [0.4, 0.5) is 20.2 Å². The van der Waals surface area contributed by atoms with Gasteiger partial charge in [-0.25, -0.2) is 14.3 Å². The van der Waals surface area contributed by atoms with E-state index in [4.69, 9.17) is 12.2 Å². The van der Waals surface area contributed by atoms with Crippen molar-refractivity contribution < 1.29 is 13.6 Å². The van der Waals surface area contributed by atoms with Crippen LogP contribution < -0.4 is 10.8 Å². The molecule has 2 N–H and O–H groups in total. The van der Waals surface area contributed by atoms with Crippen molar-refractivity contribution in [3.63, 3.8) is 0 Å². The van der Waals surface area contributed by atoms with Gasteiger partial charge in [0, 0.05) is 5.69 Å². The van der Waals surface area contributed by atoms with Crippen molar-refractivity contribution in [2.75, 3.05) is 12.4 Å². The number of hydrogen-bond acceptors (Lipinski definition) is 4. The topological polar surface area (TPSA) is 45.6 Å². The molecule has 2 aromatic carbocycles. The molecule has 0 unspecified atom stereocenters. The number of isothiocyanates is 1. The summed E-state index contributed by atoms with van der Waals surface area (Å²) in [6.45, 7) is 0. The van der Waals surface area contributed by atoms with Crippen molar-refractivity contribution in [2.24, 2.45) is 4.99 Å². The summed E-state index contributed by atoms with van der Waals surface area (Å²) in [5.74, 6) is -0.556. The molecular formula is C15H13F2N3OS2. The number of nitrogens with zero attached hydrogens (tertiary/aromatic N) is 1. The molecule has 0 fully saturated rings. The zero-order valence-electron chi connectivity index (χ0n) is 12.0. The molecule has 2 rings (SSSR count). The van der Waals surface area contributed by atoms with Gasteiger partial charge in [-0.3, -0.25) is 4.84 Å². The first kappa shape index (κ1) is 18.8. The summed E-state index contributed by atoms with van der Waals surface area (Å²) in [6, 6.07) is 11.6. The van der Waals surface area contributed by atoms with Crippen LogP contribution in [0.2, 0.25) is 0 Å². The van der Waals surface area contributed by atoms with Crippen LogP contribution in [0.1, 0.15) is 0 Å². The average Bonchev–Trinajstić information content (AvgIpc) is 2.53. The minimum absolute atomic E-state index is 0.275. The Kier molecular flexibility index (Phi) is 8.56. The molecule has 23 heavy (non-hydrogen) atoms. The van der Waals surface area contributed by atoms with E-state index >= 15 is 0 Å². The standard InChI is InChI=1S/C8H9FN2OS.C7H4FNS/c1-12-11-8(13)10-7-4-2-6(9)3-5-7;8-6-1-3-7(4-2-6)9-5-10/h2-5H,1H3,(H2,10,11,13);1-4H.